The van der Waals surface area contributed by atoms with Crippen LogP contribution in [0, 0.1) is 12.8 Å². The highest BCUT2D eigenvalue weighted by Crippen LogP contribution is 2.28. The van der Waals surface area contributed by atoms with Crippen LogP contribution in [0.1, 0.15) is 24.1 Å². The van der Waals surface area contributed by atoms with E-state index >= 15 is 0 Å². The van der Waals surface area contributed by atoms with Crippen molar-refractivity contribution in [2.45, 2.75) is 32.7 Å². The highest BCUT2D eigenvalue weighted by atomic mass is 16.3. The van der Waals surface area contributed by atoms with Gasteiger partial charge in [0.1, 0.15) is 12.1 Å². The topological polar surface area (TPSA) is 80.0 Å². The zero-order valence-electron chi connectivity index (χ0n) is 15.0. The summed E-state index contributed by atoms with van der Waals surface area (Å²) in [5.41, 5.74) is 3.06. The minimum Gasteiger partial charge on any atom is -0.396 e. The van der Waals surface area contributed by atoms with E-state index in [-0.39, 0.29) is 6.61 Å². The van der Waals surface area contributed by atoms with E-state index in [1.807, 2.05) is 10.9 Å². The number of hydrogen-bond donors (Lipinski definition) is 1. The molecule has 0 aliphatic carbocycles. The minimum absolute atomic E-state index is 0.107. The van der Waals surface area contributed by atoms with Crippen molar-refractivity contribution in [1.82, 2.24) is 25.0 Å². The second-order valence-electron chi connectivity index (χ2n) is 7.08. The number of anilines is 1. The molecule has 3 aromatic rings. The number of aliphatic hydroxyl groups excluding tert-OH is 1. The van der Waals surface area contributed by atoms with E-state index in [0.717, 1.165) is 48.5 Å². The first-order chi connectivity index (χ1) is 12.7. The van der Waals surface area contributed by atoms with Crippen molar-refractivity contribution in [3.8, 4) is 0 Å². The molecule has 1 aliphatic rings. The third-order valence-corrected chi connectivity index (χ3v) is 4.99. The molecule has 0 bridgehead atoms. The van der Waals surface area contributed by atoms with E-state index in [1.165, 1.54) is 12.0 Å². The fraction of sp³-hybridized carbons (Fsp3) is 0.474. The first-order valence-electron chi connectivity index (χ1n) is 9.19. The summed E-state index contributed by atoms with van der Waals surface area (Å²) in [6.07, 6.45) is 6.48. The molecular formula is C19H24N6O. The van der Waals surface area contributed by atoms with Crippen LogP contribution in [0.2, 0.25) is 0 Å². The highest BCUT2D eigenvalue weighted by Gasteiger charge is 2.23. The Bertz CT molecular complexity index is 893. The summed E-state index contributed by atoms with van der Waals surface area (Å²) in [7, 11) is 0. The summed E-state index contributed by atoms with van der Waals surface area (Å²) in [5.74, 6) is 1.53. The van der Waals surface area contributed by atoms with Crippen molar-refractivity contribution >= 4 is 16.7 Å². The fourth-order valence-electron chi connectivity index (χ4n) is 3.74. The predicted octanol–water partition coefficient (Wildman–Crippen LogP) is 1.98. The summed E-state index contributed by atoms with van der Waals surface area (Å²) in [6, 6.07) is 6.33. The minimum atomic E-state index is 0.107. The molecule has 0 amide bonds. The number of aliphatic hydroxyl groups is 1. The second-order valence-corrected chi connectivity index (χ2v) is 7.08. The highest BCUT2D eigenvalue weighted by molar-refractivity contribution is 5.89. The molecule has 0 saturated carbocycles. The molecule has 7 heteroatoms. The van der Waals surface area contributed by atoms with Gasteiger partial charge in [0.15, 0.2) is 0 Å². The maximum atomic E-state index is 9.02. The molecule has 1 atom stereocenters. The molecule has 1 unspecified atom stereocenters. The number of benzene rings is 1. The van der Waals surface area contributed by atoms with Crippen LogP contribution in [0.25, 0.3) is 10.9 Å². The molecule has 1 fully saturated rings. The molecule has 136 valence electrons. The van der Waals surface area contributed by atoms with E-state index in [1.54, 1.807) is 6.33 Å². The van der Waals surface area contributed by atoms with E-state index in [4.69, 9.17) is 5.11 Å². The fourth-order valence-corrected chi connectivity index (χ4v) is 3.74. The Morgan fingerprint density at radius 1 is 1.27 bits per heavy atom. The molecule has 1 aromatic carbocycles. The Morgan fingerprint density at radius 2 is 2.19 bits per heavy atom. The molecule has 1 saturated heterocycles. The second kappa shape index (κ2) is 7.37. The quantitative estimate of drug-likeness (QED) is 0.756. The van der Waals surface area contributed by atoms with Gasteiger partial charge in [0.25, 0.3) is 0 Å². The van der Waals surface area contributed by atoms with Gasteiger partial charge in [-0.1, -0.05) is 16.8 Å². The third-order valence-electron chi connectivity index (χ3n) is 4.99. The summed E-state index contributed by atoms with van der Waals surface area (Å²) in [6.45, 7) is 5.02. The van der Waals surface area contributed by atoms with Crippen molar-refractivity contribution in [2.24, 2.45) is 5.92 Å². The SMILES string of the molecule is Cc1ccc2ncnc(N3CCCC(Cn4cc(CCO)nn4)C3)c2c1. The van der Waals surface area contributed by atoms with Crippen LogP contribution in [0.4, 0.5) is 5.82 Å². The van der Waals surface area contributed by atoms with E-state index in [2.05, 4.69) is 50.3 Å². The van der Waals surface area contributed by atoms with Crippen LogP contribution in [-0.2, 0) is 13.0 Å². The Kier molecular flexibility index (Phi) is 4.79. The molecule has 26 heavy (non-hydrogen) atoms. The lowest BCUT2D eigenvalue weighted by molar-refractivity contribution is 0.298. The standard InChI is InChI=1S/C19H24N6O/c1-14-4-5-18-17(9-14)19(21-13-20-18)24-7-2-3-15(10-24)11-25-12-16(6-8-26)22-23-25/h4-5,9,12-13,15,26H,2-3,6-8,10-11H2,1H3. The molecule has 4 rings (SSSR count). The average molecular weight is 352 g/mol. The lowest BCUT2D eigenvalue weighted by Gasteiger charge is -2.34. The molecule has 3 heterocycles. The predicted molar refractivity (Wildman–Crippen MR) is 100 cm³/mol. The molecule has 1 N–H and O–H groups in total. The summed E-state index contributed by atoms with van der Waals surface area (Å²) in [5, 5.41) is 18.5. The first kappa shape index (κ1) is 16.9. The summed E-state index contributed by atoms with van der Waals surface area (Å²) in [4.78, 5) is 11.4. The van der Waals surface area contributed by atoms with Crippen molar-refractivity contribution in [3.63, 3.8) is 0 Å². The van der Waals surface area contributed by atoms with Gasteiger partial charge < -0.3 is 10.0 Å². The van der Waals surface area contributed by atoms with Gasteiger partial charge in [0.05, 0.1) is 11.2 Å². The summed E-state index contributed by atoms with van der Waals surface area (Å²) < 4.78 is 1.90. The summed E-state index contributed by atoms with van der Waals surface area (Å²) >= 11 is 0. The molecule has 1 aliphatic heterocycles. The van der Waals surface area contributed by atoms with Crippen molar-refractivity contribution in [2.75, 3.05) is 24.6 Å². The van der Waals surface area contributed by atoms with Gasteiger partial charge in [-0.2, -0.15) is 0 Å². The number of hydrogen-bond acceptors (Lipinski definition) is 6. The number of rotatable bonds is 5. The van der Waals surface area contributed by atoms with Gasteiger partial charge >= 0.3 is 0 Å². The number of aryl methyl sites for hydroxylation is 1. The Balaban J connectivity index is 1.52. The smallest absolute Gasteiger partial charge is 0.139 e. The molecule has 2 aromatic heterocycles. The number of nitrogens with zero attached hydrogens (tertiary/aromatic N) is 6. The van der Waals surface area contributed by atoms with E-state index < -0.39 is 0 Å². The van der Waals surface area contributed by atoms with E-state index in [9.17, 15) is 0 Å². The first-order valence-corrected chi connectivity index (χ1v) is 9.19. The van der Waals surface area contributed by atoms with Gasteiger partial charge in [0, 0.05) is 44.2 Å². The number of aromatic nitrogens is 5. The van der Waals surface area contributed by atoms with Crippen LogP contribution in [0.3, 0.4) is 0 Å². The maximum Gasteiger partial charge on any atom is 0.139 e. The van der Waals surface area contributed by atoms with Crippen LogP contribution in [0.15, 0.2) is 30.7 Å². The normalized spacial score (nSPS) is 17.8. The van der Waals surface area contributed by atoms with Crippen LogP contribution in [0.5, 0.6) is 0 Å². The van der Waals surface area contributed by atoms with Crippen LogP contribution >= 0.6 is 0 Å². The monoisotopic (exact) mass is 352 g/mol. The number of fused-ring (bicyclic) bond motifs is 1. The Hall–Kier alpha value is -2.54. The zero-order chi connectivity index (χ0) is 17.9. The van der Waals surface area contributed by atoms with Crippen molar-refractivity contribution in [3.05, 3.63) is 42.0 Å². The molecule has 0 radical (unpaired) electrons. The van der Waals surface area contributed by atoms with Gasteiger partial charge in [-0.25, -0.2) is 9.97 Å². The van der Waals surface area contributed by atoms with Crippen molar-refractivity contribution < 1.29 is 5.11 Å². The van der Waals surface area contributed by atoms with Gasteiger partial charge in [0.2, 0.25) is 0 Å². The zero-order valence-corrected chi connectivity index (χ0v) is 15.0. The number of piperidine rings is 1. The van der Waals surface area contributed by atoms with Gasteiger partial charge in [-0.15, -0.1) is 5.10 Å². The van der Waals surface area contributed by atoms with Gasteiger partial charge in [-0.05, 0) is 37.8 Å². The van der Waals surface area contributed by atoms with E-state index in [0.29, 0.717) is 12.3 Å². The maximum absolute atomic E-state index is 9.02. The Labute approximate surface area is 152 Å². The largest absolute Gasteiger partial charge is 0.396 e. The van der Waals surface area contributed by atoms with Gasteiger partial charge in [-0.3, -0.25) is 4.68 Å². The lowest BCUT2D eigenvalue weighted by Crippen LogP contribution is -2.37. The van der Waals surface area contributed by atoms with Crippen molar-refractivity contribution in [1.29, 1.82) is 0 Å². The molecule has 0 spiro atoms. The third kappa shape index (κ3) is 3.53. The van der Waals surface area contributed by atoms with Crippen LogP contribution in [-0.4, -0.2) is 49.8 Å². The molecular weight excluding hydrogens is 328 g/mol. The van der Waals surface area contributed by atoms with Crippen LogP contribution < -0.4 is 4.90 Å². The lowest BCUT2D eigenvalue weighted by atomic mass is 9.97. The Morgan fingerprint density at radius 3 is 3.08 bits per heavy atom. The molecule has 7 nitrogen and oxygen atoms in total. The average Bonchev–Trinajstić information content (AvgIpc) is 3.08.